The lowest BCUT2D eigenvalue weighted by molar-refractivity contribution is 0.0711. The van der Waals surface area contributed by atoms with Crippen LogP contribution in [0.25, 0.3) is 22.4 Å². The van der Waals surface area contributed by atoms with Crippen LogP contribution in [0.1, 0.15) is 17.3 Å². The lowest BCUT2D eigenvalue weighted by atomic mass is 10.0. The Bertz CT molecular complexity index is 873. The summed E-state index contributed by atoms with van der Waals surface area (Å²) < 4.78 is 5.47. The zero-order valence-electron chi connectivity index (χ0n) is 13.5. The molecule has 1 fully saturated rings. The van der Waals surface area contributed by atoms with Gasteiger partial charge in [-0.2, -0.15) is 0 Å². The van der Waals surface area contributed by atoms with Gasteiger partial charge in [0.15, 0.2) is 5.76 Å². The Labute approximate surface area is 140 Å². The second-order valence-electron chi connectivity index (χ2n) is 6.16. The molecule has 1 amide bonds. The van der Waals surface area contributed by atoms with Crippen molar-refractivity contribution in [1.29, 1.82) is 0 Å². The molecule has 1 N–H and O–H groups in total. The molecule has 0 aliphatic carbocycles. The Kier molecular flexibility index (Phi) is 3.78. The number of piperazine rings is 1. The van der Waals surface area contributed by atoms with Crippen LogP contribution in [0.2, 0.25) is 0 Å². The summed E-state index contributed by atoms with van der Waals surface area (Å²) in [7, 11) is 0. The molecule has 122 valence electrons. The number of fused-ring (bicyclic) bond motifs is 1. The smallest absolute Gasteiger partial charge is 0.254 e. The molecule has 3 heterocycles. The Morgan fingerprint density at radius 3 is 2.96 bits per heavy atom. The molecule has 0 spiro atoms. The Balaban J connectivity index is 1.82. The van der Waals surface area contributed by atoms with E-state index in [1.54, 1.807) is 6.26 Å². The molecular weight excluding hydrogens is 302 g/mol. The van der Waals surface area contributed by atoms with Crippen molar-refractivity contribution in [3.63, 3.8) is 0 Å². The number of hydrogen-bond donors (Lipinski definition) is 1. The lowest BCUT2D eigenvalue weighted by Crippen LogP contribution is -2.51. The van der Waals surface area contributed by atoms with Crippen molar-refractivity contribution in [3.8, 4) is 11.5 Å². The van der Waals surface area contributed by atoms with Gasteiger partial charge in [-0.25, -0.2) is 4.98 Å². The van der Waals surface area contributed by atoms with E-state index in [9.17, 15) is 4.79 Å². The Morgan fingerprint density at radius 2 is 2.17 bits per heavy atom. The molecule has 1 atom stereocenters. The van der Waals surface area contributed by atoms with Crippen LogP contribution in [0, 0.1) is 0 Å². The third-order valence-corrected chi connectivity index (χ3v) is 4.38. The molecule has 0 bridgehead atoms. The molecule has 4 rings (SSSR count). The highest BCUT2D eigenvalue weighted by Crippen LogP contribution is 2.26. The van der Waals surface area contributed by atoms with E-state index in [2.05, 4.69) is 17.2 Å². The molecule has 1 saturated heterocycles. The average molecular weight is 321 g/mol. The summed E-state index contributed by atoms with van der Waals surface area (Å²) in [6, 6.07) is 13.6. The molecule has 1 unspecified atom stereocenters. The summed E-state index contributed by atoms with van der Waals surface area (Å²) in [5.74, 6) is 0.721. The second kappa shape index (κ2) is 6.09. The van der Waals surface area contributed by atoms with Crippen LogP contribution in [-0.4, -0.2) is 41.5 Å². The van der Waals surface area contributed by atoms with Crippen molar-refractivity contribution >= 4 is 16.8 Å². The van der Waals surface area contributed by atoms with Crippen LogP contribution in [0.3, 0.4) is 0 Å². The minimum absolute atomic E-state index is 0.0507. The molecule has 0 radical (unpaired) electrons. The van der Waals surface area contributed by atoms with Crippen LogP contribution in [-0.2, 0) is 0 Å². The van der Waals surface area contributed by atoms with Crippen LogP contribution in [0.5, 0.6) is 0 Å². The molecule has 24 heavy (non-hydrogen) atoms. The van der Waals surface area contributed by atoms with Crippen LogP contribution in [0.15, 0.2) is 53.1 Å². The average Bonchev–Trinajstić information content (AvgIpc) is 3.15. The van der Waals surface area contributed by atoms with Gasteiger partial charge in [0.2, 0.25) is 0 Å². The van der Waals surface area contributed by atoms with Crippen molar-refractivity contribution in [3.05, 3.63) is 54.3 Å². The number of para-hydroxylation sites is 1. The number of nitrogens with one attached hydrogen (secondary N) is 1. The SMILES string of the molecule is CC1CN(C(=O)c2cc(-c3ccco3)nc3ccccc23)CCN1. The summed E-state index contributed by atoms with van der Waals surface area (Å²) in [5, 5.41) is 4.25. The number of rotatable bonds is 2. The fourth-order valence-corrected chi connectivity index (χ4v) is 3.19. The van der Waals surface area contributed by atoms with Gasteiger partial charge in [0.25, 0.3) is 5.91 Å². The quantitative estimate of drug-likeness (QED) is 0.788. The third kappa shape index (κ3) is 2.67. The van der Waals surface area contributed by atoms with Crippen LogP contribution in [0.4, 0.5) is 0 Å². The molecule has 1 aromatic carbocycles. The number of hydrogen-bond acceptors (Lipinski definition) is 4. The second-order valence-corrected chi connectivity index (χ2v) is 6.16. The minimum Gasteiger partial charge on any atom is -0.463 e. The predicted octanol–water partition coefficient (Wildman–Crippen LogP) is 2.93. The van der Waals surface area contributed by atoms with E-state index in [0.717, 1.165) is 24.0 Å². The summed E-state index contributed by atoms with van der Waals surface area (Å²) in [6.07, 6.45) is 1.62. The monoisotopic (exact) mass is 321 g/mol. The number of amides is 1. The van der Waals surface area contributed by atoms with E-state index in [4.69, 9.17) is 4.42 Å². The topological polar surface area (TPSA) is 58.4 Å². The molecule has 2 aromatic heterocycles. The number of carbonyl (C=O) groups is 1. The molecular formula is C19H19N3O2. The highest BCUT2D eigenvalue weighted by atomic mass is 16.3. The summed E-state index contributed by atoms with van der Waals surface area (Å²) in [4.78, 5) is 19.7. The molecule has 0 saturated carbocycles. The van der Waals surface area contributed by atoms with E-state index >= 15 is 0 Å². The third-order valence-electron chi connectivity index (χ3n) is 4.38. The van der Waals surface area contributed by atoms with Gasteiger partial charge < -0.3 is 14.6 Å². The number of pyridine rings is 1. The van der Waals surface area contributed by atoms with Gasteiger partial charge in [0, 0.05) is 31.1 Å². The van der Waals surface area contributed by atoms with E-state index < -0.39 is 0 Å². The van der Waals surface area contributed by atoms with Crippen LogP contribution < -0.4 is 5.32 Å². The fraction of sp³-hybridized carbons (Fsp3) is 0.263. The summed E-state index contributed by atoms with van der Waals surface area (Å²) in [6.45, 7) is 4.35. The molecule has 5 nitrogen and oxygen atoms in total. The van der Waals surface area contributed by atoms with Gasteiger partial charge in [-0.15, -0.1) is 0 Å². The number of furan rings is 1. The Hall–Kier alpha value is -2.66. The lowest BCUT2D eigenvalue weighted by Gasteiger charge is -2.32. The largest absolute Gasteiger partial charge is 0.463 e. The predicted molar refractivity (Wildman–Crippen MR) is 92.8 cm³/mol. The number of nitrogens with zero attached hydrogens (tertiary/aromatic N) is 2. The van der Waals surface area contributed by atoms with E-state index in [0.29, 0.717) is 29.6 Å². The van der Waals surface area contributed by atoms with Gasteiger partial charge in [-0.05, 0) is 31.2 Å². The maximum Gasteiger partial charge on any atom is 0.254 e. The van der Waals surface area contributed by atoms with Crippen molar-refractivity contribution in [2.24, 2.45) is 0 Å². The summed E-state index contributed by atoms with van der Waals surface area (Å²) >= 11 is 0. The molecule has 1 aliphatic heterocycles. The first-order valence-electron chi connectivity index (χ1n) is 8.19. The van der Waals surface area contributed by atoms with Crippen molar-refractivity contribution in [2.45, 2.75) is 13.0 Å². The Morgan fingerprint density at radius 1 is 1.29 bits per heavy atom. The first kappa shape index (κ1) is 14.9. The number of benzene rings is 1. The number of carbonyl (C=O) groups excluding carboxylic acids is 1. The van der Waals surface area contributed by atoms with Crippen molar-refractivity contribution < 1.29 is 9.21 Å². The zero-order chi connectivity index (χ0) is 16.5. The van der Waals surface area contributed by atoms with Gasteiger partial charge in [-0.1, -0.05) is 18.2 Å². The number of aromatic nitrogens is 1. The molecule has 3 aromatic rings. The summed E-state index contributed by atoms with van der Waals surface area (Å²) in [5.41, 5.74) is 2.17. The van der Waals surface area contributed by atoms with Crippen LogP contribution >= 0.6 is 0 Å². The minimum atomic E-state index is 0.0507. The van der Waals surface area contributed by atoms with Crippen molar-refractivity contribution in [2.75, 3.05) is 19.6 Å². The van der Waals surface area contributed by atoms with E-state index in [1.807, 2.05) is 47.4 Å². The highest BCUT2D eigenvalue weighted by molar-refractivity contribution is 6.07. The van der Waals surface area contributed by atoms with Crippen molar-refractivity contribution in [1.82, 2.24) is 15.2 Å². The maximum absolute atomic E-state index is 13.1. The van der Waals surface area contributed by atoms with Gasteiger partial charge in [0.1, 0.15) is 5.69 Å². The maximum atomic E-state index is 13.1. The van der Waals surface area contributed by atoms with E-state index in [-0.39, 0.29) is 5.91 Å². The zero-order valence-corrected chi connectivity index (χ0v) is 13.5. The van der Waals surface area contributed by atoms with E-state index in [1.165, 1.54) is 0 Å². The normalized spacial score (nSPS) is 18.0. The van der Waals surface area contributed by atoms with Gasteiger partial charge in [0.05, 0.1) is 17.3 Å². The molecule has 1 aliphatic rings. The highest BCUT2D eigenvalue weighted by Gasteiger charge is 2.24. The first-order chi connectivity index (χ1) is 11.7. The standard InChI is InChI=1S/C19H19N3O2/c1-13-12-22(9-8-20-13)19(23)15-11-17(18-7-4-10-24-18)21-16-6-3-2-5-14(15)16/h2-7,10-11,13,20H,8-9,12H2,1H3. The first-order valence-corrected chi connectivity index (χ1v) is 8.19. The van der Waals surface area contributed by atoms with Gasteiger partial charge in [-0.3, -0.25) is 4.79 Å². The van der Waals surface area contributed by atoms with Gasteiger partial charge >= 0.3 is 0 Å². The fourth-order valence-electron chi connectivity index (χ4n) is 3.19. The molecule has 5 heteroatoms.